The summed E-state index contributed by atoms with van der Waals surface area (Å²) in [4.78, 5) is 11.2. The fourth-order valence-electron chi connectivity index (χ4n) is 0.580. The van der Waals surface area contributed by atoms with Crippen LogP contribution in [0.5, 0.6) is 0 Å². The molecule has 78 valence electrons. The molecule has 4 heteroatoms. The molecule has 2 N–H and O–H groups in total. The maximum Gasteiger partial charge on any atom is 0.325 e. The number of esters is 1. The molecule has 0 aromatic rings. The van der Waals surface area contributed by atoms with Crippen LogP contribution in [0.1, 0.15) is 34.1 Å². The van der Waals surface area contributed by atoms with Gasteiger partial charge >= 0.3 is 5.97 Å². The van der Waals surface area contributed by atoms with Gasteiger partial charge in [0.05, 0.1) is 6.61 Å². The van der Waals surface area contributed by atoms with E-state index in [-0.39, 0.29) is 10.7 Å². The van der Waals surface area contributed by atoms with Crippen LogP contribution in [0.25, 0.3) is 0 Å². The molecule has 0 aromatic carbocycles. The van der Waals surface area contributed by atoms with Crippen molar-refractivity contribution in [1.82, 2.24) is 0 Å². The van der Waals surface area contributed by atoms with Crippen LogP contribution >= 0.6 is 12.6 Å². The first kappa shape index (κ1) is 12.8. The van der Waals surface area contributed by atoms with Crippen LogP contribution in [-0.4, -0.2) is 22.9 Å². The van der Waals surface area contributed by atoms with E-state index in [0.29, 0.717) is 6.61 Å². The van der Waals surface area contributed by atoms with Crippen LogP contribution in [0.4, 0.5) is 0 Å². The fraction of sp³-hybridized carbons (Fsp3) is 0.889. The molecule has 13 heavy (non-hydrogen) atoms. The second kappa shape index (κ2) is 4.33. The smallest absolute Gasteiger partial charge is 0.325 e. The van der Waals surface area contributed by atoms with Gasteiger partial charge in [-0.3, -0.25) is 4.79 Å². The third-order valence-corrected chi connectivity index (χ3v) is 1.70. The number of carbonyl (C=O) groups excluding carboxylic acids is 1. The zero-order chi connectivity index (χ0) is 10.7. The summed E-state index contributed by atoms with van der Waals surface area (Å²) in [7, 11) is 0. The Bertz CT molecular complexity index is 179. The van der Waals surface area contributed by atoms with Crippen LogP contribution in [0, 0.1) is 0 Å². The average molecular weight is 205 g/mol. The molecule has 0 saturated heterocycles. The maximum absolute atomic E-state index is 11.2. The van der Waals surface area contributed by atoms with Crippen molar-refractivity contribution in [3.63, 3.8) is 0 Å². The summed E-state index contributed by atoms with van der Waals surface area (Å²) in [6, 6.07) is 0. The quantitative estimate of drug-likeness (QED) is 0.538. The largest absolute Gasteiger partial charge is 0.464 e. The molecule has 0 bridgehead atoms. The lowest BCUT2D eigenvalue weighted by Gasteiger charge is -2.20. The van der Waals surface area contributed by atoms with Gasteiger partial charge in [-0.1, -0.05) is 13.8 Å². The van der Waals surface area contributed by atoms with E-state index in [9.17, 15) is 4.79 Å². The minimum absolute atomic E-state index is 0.112. The maximum atomic E-state index is 11.2. The molecule has 0 unspecified atom stereocenters. The third-order valence-electron chi connectivity index (χ3n) is 1.47. The second-order valence-corrected chi connectivity index (χ2v) is 5.63. The minimum Gasteiger partial charge on any atom is -0.464 e. The molecular weight excluding hydrogens is 186 g/mol. The number of nitrogens with two attached hydrogens (primary N) is 1. The zero-order valence-electron chi connectivity index (χ0n) is 8.76. The van der Waals surface area contributed by atoms with E-state index in [0.717, 1.165) is 6.42 Å². The van der Waals surface area contributed by atoms with Crippen molar-refractivity contribution in [2.45, 2.75) is 44.4 Å². The molecule has 0 aromatic heterocycles. The SMILES string of the molecule is CC(C)(S)CCOC(=O)C(C)(C)N. The fourth-order valence-corrected chi connectivity index (χ4v) is 0.671. The number of carbonyl (C=O) groups is 1. The van der Waals surface area contributed by atoms with Gasteiger partial charge in [-0.05, 0) is 20.3 Å². The summed E-state index contributed by atoms with van der Waals surface area (Å²) in [6.45, 7) is 7.56. The van der Waals surface area contributed by atoms with E-state index in [2.05, 4.69) is 12.6 Å². The zero-order valence-corrected chi connectivity index (χ0v) is 9.65. The molecule has 0 fully saturated rings. The highest BCUT2D eigenvalue weighted by Crippen LogP contribution is 2.16. The molecule has 0 atom stereocenters. The van der Waals surface area contributed by atoms with Crippen LogP contribution in [0.15, 0.2) is 0 Å². The van der Waals surface area contributed by atoms with Crippen LogP contribution < -0.4 is 5.73 Å². The monoisotopic (exact) mass is 205 g/mol. The van der Waals surface area contributed by atoms with E-state index in [1.807, 2.05) is 13.8 Å². The summed E-state index contributed by atoms with van der Waals surface area (Å²) >= 11 is 4.31. The summed E-state index contributed by atoms with van der Waals surface area (Å²) < 4.78 is 4.86. The number of ether oxygens (including phenoxy) is 1. The predicted octanol–water partition coefficient (Wildman–Crippen LogP) is 1.37. The van der Waals surface area contributed by atoms with Gasteiger partial charge < -0.3 is 10.5 Å². The molecule has 0 saturated carbocycles. The molecule has 3 nitrogen and oxygen atoms in total. The Kier molecular flexibility index (Phi) is 4.26. The standard InChI is InChI=1S/C9H19NO2S/c1-8(2,13)5-6-12-7(11)9(3,4)10/h13H,5-6,10H2,1-4H3. The van der Waals surface area contributed by atoms with Gasteiger partial charge in [-0.25, -0.2) is 0 Å². The first-order valence-corrected chi connectivity index (χ1v) is 4.76. The minimum atomic E-state index is -0.902. The van der Waals surface area contributed by atoms with Gasteiger partial charge in [-0.2, -0.15) is 12.6 Å². The van der Waals surface area contributed by atoms with Crippen molar-refractivity contribution < 1.29 is 9.53 Å². The van der Waals surface area contributed by atoms with Gasteiger partial charge in [0.15, 0.2) is 0 Å². The molecule has 0 amide bonds. The highest BCUT2D eigenvalue weighted by Gasteiger charge is 2.24. The molecule has 0 aliphatic rings. The summed E-state index contributed by atoms with van der Waals surface area (Å²) in [5, 5.41) is 0. The topological polar surface area (TPSA) is 52.3 Å². The Morgan fingerprint density at radius 1 is 1.38 bits per heavy atom. The molecule has 0 radical (unpaired) electrons. The molecule has 0 spiro atoms. The molecule has 0 heterocycles. The lowest BCUT2D eigenvalue weighted by molar-refractivity contribution is -0.149. The number of rotatable bonds is 4. The van der Waals surface area contributed by atoms with E-state index in [4.69, 9.17) is 10.5 Å². The predicted molar refractivity (Wildman–Crippen MR) is 56.9 cm³/mol. The lowest BCUT2D eigenvalue weighted by Crippen LogP contribution is -2.43. The van der Waals surface area contributed by atoms with E-state index in [1.54, 1.807) is 13.8 Å². The molecule has 0 aliphatic heterocycles. The van der Waals surface area contributed by atoms with Gasteiger partial charge in [0.1, 0.15) is 5.54 Å². The van der Waals surface area contributed by atoms with E-state index >= 15 is 0 Å². The normalized spacial score (nSPS) is 12.8. The van der Waals surface area contributed by atoms with Crippen LogP contribution in [0.3, 0.4) is 0 Å². The second-order valence-electron chi connectivity index (χ2n) is 4.42. The summed E-state index contributed by atoms with van der Waals surface area (Å²) in [6.07, 6.45) is 0.720. The third kappa shape index (κ3) is 6.90. The van der Waals surface area contributed by atoms with Crippen LogP contribution in [0.2, 0.25) is 0 Å². The molecular formula is C9H19NO2S. The van der Waals surface area contributed by atoms with E-state index in [1.165, 1.54) is 0 Å². The summed E-state index contributed by atoms with van der Waals surface area (Å²) in [5.41, 5.74) is 4.63. The lowest BCUT2D eigenvalue weighted by atomic mass is 10.1. The Balaban J connectivity index is 3.74. The Hall–Kier alpha value is -0.220. The van der Waals surface area contributed by atoms with Crippen LogP contribution in [-0.2, 0) is 9.53 Å². The van der Waals surface area contributed by atoms with Gasteiger partial charge in [0.25, 0.3) is 0 Å². The average Bonchev–Trinajstić information content (AvgIpc) is 1.82. The highest BCUT2D eigenvalue weighted by molar-refractivity contribution is 7.81. The summed E-state index contributed by atoms with van der Waals surface area (Å²) in [5.74, 6) is -0.370. The Morgan fingerprint density at radius 3 is 2.15 bits per heavy atom. The van der Waals surface area contributed by atoms with Crippen molar-refractivity contribution in [1.29, 1.82) is 0 Å². The Morgan fingerprint density at radius 2 is 1.85 bits per heavy atom. The Labute approximate surface area is 85.4 Å². The number of thiol groups is 1. The first-order chi connectivity index (χ1) is 5.63. The first-order valence-electron chi connectivity index (χ1n) is 4.31. The van der Waals surface area contributed by atoms with Crippen molar-refractivity contribution in [2.24, 2.45) is 5.73 Å². The van der Waals surface area contributed by atoms with Gasteiger partial charge in [0.2, 0.25) is 0 Å². The van der Waals surface area contributed by atoms with Gasteiger partial charge in [0, 0.05) is 4.75 Å². The highest BCUT2D eigenvalue weighted by atomic mass is 32.1. The van der Waals surface area contributed by atoms with Gasteiger partial charge in [-0.15, -0.1) is 0 Å². The van der Waals surface area contributed by atoms with Crippen molar-refractivity contribution in [3.8, 4) is 0 Å². The van der Waals surface area contributed by atoms with Crippen molar-refractivity contribution in [2.75, 3.05) is 6.61 Å². The van der Waals surface area contributed by atoms with E-state index < -0.39 is 5.54 Å². The molecule has 0 aliphatic carbocycles. The molecule has 0 rings (SSSR count). The number of hydrogen-bond acceptors (Lipinski definition) is 4. The number of hydrogen-bond donors (Lipinski definition) is 2. The van der Waals surface area contributed by atoms with Crippen molar-refractivity contribution >= 4 is 18.6 Å². The van der Waals surface area contributed by atoms with Crippen molar-refractivity contribution in [3.05, 3.63) is 0 Å².